The van der Waals surface area contributed by atoms with Gasteiger partial charge in [-0.3, -0.25) is 0 Å². The monoisotopic (exact) mass is 372 g/mol. The van der Waals surface area contributed by atoms with E-state index in [0.29, 0.717) is 12.5 Å². The second kappa shape index (κ2) is 7.64. The van der Waals surface area contributed by atoms with Gasteiger partial charge in [-0.2, -0.15) is 4.98 Å². The Hall–Kier alpha value is -3.47. The van der Waals surface area contributed by atoms with Gasteiger partial charge in [-0.1, -0.05) is 30.3 Å². The van der Waals surface area contributed by atoms with Gasteiger partial charge >= 0.3 is 0 Å². The van der Waals surface area contributed by atoms with Crippen LogP contribution in [0.15, 0.2) is 66.7 Å². The number of halogens is 1. The van der Waals surface area contributed by atoms with Crippen LogP contribution in [0.2, 0.25) is 0 Å². The van der Waals surface area contributed by atoms with Crippen molar-refractivity contribution < 1.29 is 4.39 Å². The van der Waals surface area contributed by atoms with E-state index in [2.05, 4.69) is 52.6 Å². The molecule has 0 aliphatic rings. The molecule has 0 spiro atoms. The molecule has 5 heteroatoms. The summed E-state index contributed by atoms with van der Waals surface area (Å²) < 4.78 is 13.1. The number of aromatic nitrogens is 2. The van der Waals surface area contributed by atoms with Gasteiger partial charge in [0.15, 0.2) is 0 Å². The van der Waals surface area contributed by atoms with Crippen LogP contribution in [0.3, 0.4) is 0 Å². The summed E-state index contributed by atoms with van der Waals surface area (Å²) in [6, 6.07) is 20.6. The number of rotatable bonds is 5. The second-order valence-electron chi connectivity index (χ2n) is 6.89. The van der Waals surface area contributed by atoms with Gasteiger partial charge in [0.25, 0.3) is 0 Å². The summed E-state index contributed by atoms with van der Waals surface area (Å²) >= 11 is 0. The van der Waals surface area contributed by atoms with Crippen LogP contribution < -0.4 is 10.6 Å². The van der Waals surface area contributed by atoms with E-state index in [1.165, 1.54) is 23.3 Å². The summed E-state index contributed by atoms with van der Waals surface area (Å²) in [5.41, 5.74) is 5.15. The van der Waals surface area contributed by atoms with E-state index >= 15 is 0 Å². The Bertz CT molecular complexity index is 1100. The molecule has 140 valence electrons. The van der Waals surface area contributed by atoms with Gasteiger partial charge in [0, 0.05) is 17.6 Å². The maximum Gasteiger partial charge on any atom is 0.229 e. The standard InChI is InChI=1S/C23H21FN4/c1-15-11-16(2)13-19(12-15)26-23-27-21-6-4-3-5-20(21)22(28-23)25-14-17-7-9-18(24)10-8-17/h3-13H,14H2,1-2H3,(H2,25,26,27,28). The Morgan fingerprint density at radius 3 is 2.32 bits per heavy atom. The van der Waals surface area contributed by atoms with Crippen molar-refractivity contribution in [3.05, 3.63) is 89.2 Å². The summed E-state index contributed by atoms with van der Waals surface area (Å²) in [6.45, 7) is 4.68. The highest BCUT2D eigenvalue weighted by Crippen LogP contribution is 2.25. The number of aryl methyl sites for hydroxylation is 2. The summed E-state index contributed by atoms with van der Waals surface area (Å²) in [5.74, 6) is 1.03. The molecule has 4 aromatic rings. The highest BCUT2D eigenvalue weighted by molar-refractivity contribution is 5.90. The third kappa shape index (κ3) is 4.09. The summed E-state index contributed by atoms with van der Waals surface area (Å²) in [5, 5.41) is 7.61. The number of nitrogens with zero attached hydrogens (tertiary/aromatic N) is 2. The normalized spacial score (nSPS) is 10.8. The molecule has 2 N–H and O–H groups in total. The molecule has 0 atom stereocenters. The number of hydrogen-bond donors (Lipinski definition) is 2. The van der Waals surface area contributed by atoms with Crippen molar-refractivity contribution in [2.75, 3.05) is 10.6 Å². The average Bonchev–Trinajstić information content (AvgIpc) is 2.66. The third-order valence-corrected chi connectivity index (χ3v) is 4.45. The molecular formula is C23H21FN4. The number of fused-ring (bicyclic) bond motifs is 1. The Labute approximate surface area is 163 Å². The molecule has 0 amide bonds. The van der Waals surface area contributed by atoms with Gasteiger partial charge in [0.1, 0.15) is 11.6 Å². The zero-order valence-electron chi connectivity index (χ0n) is 15.8. The SMILES string of the molecule is Cc1cc(C)cc(Nc2nc(NCc3ccc(F)cc3)c3ccccc3n2)c1. The fourth-order valence-electron chi connectivity index (χ4n) is 3.23. The first kappa shape index (κ1) is 17.9. The number of para-hydroxylation sites is 1. The van der Waals surface area contributed by atoms with Gasteiger partial charge in [0.2, 0.25) is 5.95 Å². The molecule has 0 fully saturated rings. The van der Waals surface area contributed by atoms with Crippen LogP contribution in [0.1, 0.15) is 16.7 Å². The molecule has 0 radical (unpaired) electrons. The van der Waals surface area contributed by atoms with Crippen molar-refractivity contribution in [3.63, 3.8) is 0 Å². The van der Waals surface area contributed by atoms with E-state index in [-0.39, 0.29) is 5.82 Å². The number of hydrogen-bond acceptors (Lipinski definition) is 4. The predicted octanol–water partition coefficient (Wildman–Crippen LogP) is 5.74. The van der Waals surface area contributed by atoms with Crippen molar-refractivity contribution in [1.29, 1.82) is 0 Å². The minimum Gasteiger partial charge on any atom is -0.365 e. The van der Waals surface area contributed by atoms with E-state index in [0.717, 1.165) is 28.0 Å². The van der Waals surface area contributed by atoms with Gasteiger partial charge in [-0.25, -0.2) is 9.37 Å². The van der Waals surface area contributed by atoms with Crippen LogP contribution in [0, 0.1) is 19.7 Å². The third-order valence-electron chi connectivity index (χ3n) is 4.45. The van der Waals surface area contributed by atoms with Gasteiger partial charge in [-0.15, -0.1) is 0 Å². The summed E-state index contributed by atoms with van der Waals surface area (Å²) in [4.78, 5) is 9.33. The van der Waals surface area contributed by atoms with E-state index < -0.39 is 0 Å². The maximum atomic E-state index is 13.1. The largest absolute Gasteiger partial charge is 0.365 e. The topological polar surface area (TPSA) is 49.8 Å². The molecule has 4 rings (SSSR count). The molecule has 0 aliphatic carbocycles. The van der Waals surface area contributed by atoms with Crippen LogP contribution in [0.25, 0.3) is 10.9 Å². The maximum absolute atomic E-state index is 13.1. The Kier molecular flexibility index (Phi) is 4.89. The van der Waals surface area contributed by atoms with Crippen LogP contribution in [-0.2, 0) is 6.54 Å². The first-order chi connectivity index (χ1) is 13.6. The molecular weight excluding hydrogens is 351 g/mol. The quantitative estimate of drug-likeness (QED) is 0.469. The van der Waals surface area contributed by atoms with Crippen LogP contribution >= 0.6 is 0 Å². The Morgan fingerprint density at radius 2 is 1.57 bits per heavy atom. The van der Waals surface area contributed by atoms with Gasteiger partial charge < -0.3 is 10.6 Å². The molecule has 0 saturated carbocycles. The summed E-state index contributed by atoms with van der Waals surface area (Å²) in [6.07, 6.45) is 0. The minimum atomic E-state index is -0.240. The summed E-state index contributed by atoms with van der Waals surface area (Å²) in [7, 11) is 0. The number of nitrogens with one attached hydrogen (secondary N) is 2. The molecule has 4 nitrogen and oxygen atoms in total. The van der Waals surface area contributed by atoms with Crippen LogP contribution in [0.5, 0.6) is 0 Å². The molecule has 1 heterocycles. The zero-order valence-corrected chi connectivity index (χ0v) is 15.8. The zero-order chi connectivity index (χ0) is 19.5. The fourth-order valence-corrected chi connectivity index (χ4v) is 3.23. The lowest BCUT2D eigenvalue weighted by Gasteiger charge is -2.13. The Morgan fingerprint density at radius 1 is 0.857 bits per heavy atom. The van der Waals surface area contributed by atoms with Crippen LogP contribution in [-0.4, -0.2) is 9.97 Å². The van der Waals surface area contributed by atoms with Crippen molar-refractivity contribution in [2.45, 2.75) is 20.4 Å². The molecule has 0 unspecified atom stereocenters. The molecule has 28 heavy (non-hydrogen) atoms. The molecule has 0 bridgehead atoms. The van der Waals surface area contributed by atoms with Gasteiger partial charge in [0.05, 0.1) is 5.52 Å². The second-order valence-corrected chi connectivity index (χ2v) is 6.89. The molecule has 3 aromatic carbocycles. The molecule has 0 aliphatic heterocycles. The lowest BCUT2D eigenvalue weighted by molar-refractivity contribution is 0.627. The number of anilines is 3. The molecule has 1 aromatic heterocycles. The average molecular weight is 372 g/mol. The molecule has 0 saturated heterocycles. The van der Waals surface area contributed by atoms with Gasteiger partial charge in [-0.05, 0) is 66.9 Å². The fraction of sp³-hybridized carbons (Fsp3) is 0.130. The van der Waals surface area contributed by atoms with Crippen molar-refractivity contribution in [2.24, 2.45) is 0 Å². The van der Waals surface area contributed by atoms with E-state index in [1.807, 2.05) is 24.3 Å². The predicted molar refractivity (Wildman–Crippen MR) is 112 cm³/mol. The first-order valence-corrected chi connectivity index (χ1v) is 9.17. The Balaban J connectivity index is 1.65. The van der Waals surface area contributed by atoms with Crippen molar-refractivity contribution >= 4 is 28.4 Å². The van der Waals surface area contributed by atoms with Crippen molar-refractivity contribution in [1.82, 2.24) is 9.97 Å². The first-order valence-electron chi connectivity index (χ1n) is 9.17. The van der Waals surface area contributed by atoms with Crippen molar-refractivity contribution in [3.8, 4) is 0 Å². The highest BCUT2D eigenvalue weighted by Gasteiger charge is 2.08. The van der Waals surface area contributed by atoms with Crippen LogP contribution in [0.4, 0.5) is 21.8 Å². The van der Waals surface area contributed by atoms with E-state index in [4.69, 9.17) is 0 Å². The highest BCUT2D eigenvalue weighted by atomic mass is 19.1. The van der Waals surface area contributed by atoms with E-state index in [1.54, 1.807) is 12.1 Å². The lowest BCUT2D eigenvalue weighted by atomic mass is 10.1. The minimum absolute atomic E-state index is 0.240. The number of benzene rings is 3. The lowest BCUT2D eigenvalue weighted by Crippen LogP contribution is -2.06. The smallest absolute Gasteiger partial charge is 0.229 e. The van der Waals surface area contributed by atoms with E-state index in [9.17, 15) is 4.39 Å².